The zero-order chi connectivity index (χ0) is 21.8. The molecule has 1 unspecified atom stereocenters. The molecule has 0 aliphatic heterocycles. The van der Waals surface area contributed by atoms with Crippen molar-refractivity contribution in [3.05, 3.63) is 68.8 Å². The number of nitrogens with zero attached hydrogens (tertiary/aromatic N) is 2. The van der Waals surface area contributed by atoms with Crippen LogP contribution in [-0.4, -0.2) is 27.3 Å². The van der Waals surface area contributed by atoms with E-state index in [1.54, 1.807) is 22.0 Å². The lowest BCUT2D eigenvalue weighted by atomic mass is 10.1. The maximum Gasteiger partial charge on any atom is 0.263 e. The van der Waals surface area contributed by atoms with Crippen LogP contribution in [0.25, 0.3) is 10.2 Å². The van der Waals surface area contributed by atoms with Crippen molar-refractivity contribution in [3.8, 4) is 0 Å². The average Bonchev–Trinajstić information content (AvgIpc) is 3.05. The van der Waals surface area contributed by atoms with E-state index >= 15 is 0 Å². The summed E-state index contributed by atoms with van der Waals surface area (Å²) in [7, 11) is 0. The molecule has 0 fully saturated rings. The molecule has 30 heavy (non-hydrogen) atoms. The van der Waals surface area contributed by atoms with E-state index < -0.39 is 0 Å². The largest absolute Gasteiger partial charge is 0.352 e. The van der Waals surface area contributed by atoms with Crippen LogP contribution < -0.4 is 10.9 Å². The zero-order valence-corrected chi connectivity index (χ0v) is 19.5. The van der Waals surface area contributed by atoms with Gasteiger partial charge in [-0.15, -0.1) is 17.9 Å². The quantitative estimate of drug-likeness (QED) is 0.318. The van der Waals surface area contributed by atoms with Gasteiger partial charge in [-0.3, -0.25) is 14.2 Å². The van der Waals surface area contributed by atoms with Gasteiger partial charge in [-0.1, -0.05) is 54.6 Å². The van der Waals surface area contributed by atoms with Gasteiger partial charge in [-0.05, 0) is 38.3 Å². The number of nitrogens with one attached hydrogen (secondary N) is 1. The molecule has 158 valence electrons. The number of aryl methyl sites for hydroxylation is 3. The molecule has 1 aromatic carbocycles. The summed E-state index contributed by atoms with van der Waals surface area (Å²) in [4.78, 5) is 32.6. The fourth-order valence-corrected chi connectivity index (χ4v) is 5.31. The number of rotatable bonds is 8. The molecule has 0 aliphatic carbocycles. The first-order chi connectivity index (χ1) is 14.3. The van der Waals surface area contributed by atoms with E-state index in [2.05, 4.69) is 18.8 Å². The van der Waals surface area contributed by atoms with E-state index in [1.165, 1.54) is 22.2 Å². The van der Waals surface area contributed by atoms with Crippen molar-refractivity contribution < 1.29 is 4.79 Å². The fourth-order valence-electron chi connectivity index (χ4n) is 3.21. The third-order valence-electron chi connectivity index (χ3n) is 4.97. The Morgan fingerprint density at radius 2 is 2.03 bits per heavy atom. The SMILES string of the molecule is C=CCNC(=O)C(C)Sc1nc2sc(CC)c(C)c2c(=O)n1Cc1ccc(C)cc1. The van der Waals surface area contributed by atoms with Crippen LogP contribution in [0.15, 0.2) is 46.9 Å². The average molecular weight is 442 g/mol. The Morgan fingerprint density at radius 3 is 2.67 bits per heavy atom. The molecule has 0 saturated carbocycles. The Bertz CT molecular complexity index is 1130. The van der Waals surface area contributed by atoms with Gasteiger partial charge in [0, 0.05) is 11.4 Å². The summed E-state index contributed by atoms with van der Waals surface area (Å²) in [5.41, 5.74) is 3.16. The molecule has 0 aliphatic rings. The second kappa shape index (κ2) is 9.62. The predicted octanol–water partition coefficient (Wildman–Crippen LogP) is 4.47. The van der Waals surface area contributed by atoms with Crippen LogP contribution in [0.2, 0.25) is 0 Å². The van der Waals surface area contributed by atoms with E-state index in [0.29, 0.717) is 23.6 Å². The fraction of sp³-hybridized carbons (Fsp3) is 0.348. The number of hydrogen-bond donors (Lipinski definition) is 1. The maximum atomic E-state index is 13.5. The number of thioether (sulfide) groups is 1. The molecule has 0 bridgehead atoms. The Hall–Kier alpha value is -2.38. The first-order valence-electron chi connectivity index (χ1n) is 9.99. The van der Waals surface area contributed by atoms with Crippen molar-refractivity contribution in [2.24, 2.45) is 0 Å². The van der Waals surface area contributed by atoms with Crippen LogP contribution in [-0.2, 0) is 17.8 Å². The van der Waals surface area contributed by atoms with Crippen LogP contribution in [0, 0.1) is 13.8 Å². The molecule has 2 aromatic heterocycles. The van der Waals surface area contributed by atoms with Gasteiger partial charge in [-0.25, -0.2) is 4.98 Å². The number of carbonyl (C=O) groups excluding carboxylic acids is 1. The zero-order valence-electron chi connectivity index (χ0n) is 17.8. The topological polar surface area (TPSA) is 64.0 Å². The molecular formula is C23H27N3O2S2. The van der Waals surface area contributed by atoms with Gasteiger partial charge in [0.1, 0.15) is 4.83 Å². The highest BCUT2D eigenvalue weighted by atomic mass is 32.2. The van der Waals surface area contributed by atoms with E-state index in [0.717, 1.165) is 22.4 Å². The third kappa shape index (κ3) is 4.68. The third-order valence-corrected chi connectivity index (χ3v) is 7.39. The second-order valence-electron chi connectivity index (χ2n) is 7.25. The van der Waals surface area contributed by atoms with E-state index in [9.17, 15) is 9.59 Å². The molecule has 0 saturated heterocycles. The lowest BCUT2D eigenvalue weighted by Gasteiger charge is -2.16. The summed E-state index contributed by atoms with van der Waals surface area (Å²) in [6.45, 7) is 12.4. The van der Waals surface area contributed by atoms with Gasteiger partial charge in [0.25, 0.3) is 5.56 Å². The predicted molar refractivity (Wildman–Crippen MR) is 127 cm³/mol. The normalized spacial score (nSPS) is 12.1. The van der Waals surface area contributed by atoms with Crippen LogP contribution in [0.4, 0.5) is 0 Å². The van der Waals surface area contributed by atoms with Gasteiger partial charge >= 0.3 is 0 Å². The van der Waals surface area contributed by atoms with Crippen molar-refractivity contribution in [3.63, 3.8) is 0 Å². The second-order valence-corrected chi connectivity index (χ2v) is 9.64. The van der Waals surface area contributed by atoms with Crippen molar-refractivity contribution >= 4 is 39.2 Å². The van der Waals surface area contributed by atoms with Crippen molar-refractivity contribution in [2.45, 2.75) is 51.1 Å². The molecule has 3 rings (SSSR count). The van der Waals surface area contributed by atoms with E-state index in [1.807, 2.05) is 45.0 Å². The Kier molecular flexibility index (Phi) is 7.15. The summed E-state index contributed by atoms with van der Waals surface area (Å²) in [5, 5.41) is 3.69. The van der Waals surface area contributed by atoms with Crippen LogP contribution in [0.3, 0.4) is 0 Å². The van der Waals surface area contributed by atoms with Gasteiger partial charge < -0.3 is 5.32 Å². The highest BCUT2D eigenvalue weighted by Gasteiger charge is 2.22. The molecule has 0 radical (unpaired) electrons. The summed E-state index contributed by atoms with van der Waals surface area (Å²) < 4.78 is 1.70. The summed E-state index contributed by atoms with van der Waals surface area (Å²) in [5.74, 6) is -0.104. The van der Waals surface area contributed by atoms with Crippen LogP contribution in [0.5, 0.6) is 0 Å². The van der Waals surface area contributed by atoms with Crippen LogP contribution in [0.1, 0.15) is 35.4 Å². The number of thiophene rings is 1. The minimum atomic E-state index is -0.384. The number of aromatic nitrogens is 2. The molecule has 7 heteroatoms. The first kappa shape index (κ1) is 22.3. The summed E-state index contributed by atoms with van der Waals surface area (Å²) >= 11 is 2.88. The van der Waals surface area contributed by atoms with Crippen molar-refractivity contribution in [1.82, 2.24) is 14.9 Å². The lowest BCUT2D eigenvalue weighted by molar-refractivity contribution is -0.120. The molecule has 1 amide bonds. The standard InChI is InChI=1S/C23H27N3O2S2/c1-6-12-24-20(27)16(5)29-23-25-21-19(15(4)18(7-2)30-21)22(28)26(23)13-17-10-8-14(3)9-11-17/h6,8-11,16H,1,7,12-13H2,2-5H3,(H,24,27). The van der Waals surface area contributed by atoms with Gasteiger partial charge in [-0.2, -0.15) is 0 Å². The van der Waals surface area contributed by atoms with Crippen molar-refractivity contribution in [2.75, 3.05) is 6.54 Å². The Balaban J connectivity index is 2.08. The van der Waals surface area contributed by atoms with Gasteiger partial charge in [0.05, 0.1) is 17.2 Å². The van der Waals surface area contributed by atoms with Gasteiger partial charge in [0.15, 0.2) is 5.16 Å². The molecule has 2 heterocycles. The highest BCUT2D eigenvalue weighted by molar-refractivity contribution is 8.00. The van der Waals surface area contributed by atoms with E-state index in [4.69, 9.17) is 4.98 Å². The highest BCUT2D eigenvalue weighted by Crippen LogP contribution is 2.31. The summed E-state index contributed by atoms with van der Waals surface area (Å²) in [6.07, 6.45) is 2.51. The molecular weight excluding hydrogens is 414 g/mol. The number of hydrogen-bond acceptors (Lipinski definition) is 5. The molecule has 3 aromatic rings. The minimum absolute atomic E-state index is 0.0461. The van der Waals surface area contributed by atoms with Gasteiger partial charge in [0.2, 0.25) is 5.91 Å². The smallest absolute Gasteiger partial charge is 0.263 e. The molecule has 0 spiro atoms. The van der Waals surface area contributed by atoms with Crippen LogP contribution >= 0.6 is 23.1 Å². The maximum absolute atomic E-state index is 13.5. The number of benzene rings is 1. The number of fused-ring (bicyclic) bond motifs is 1. The number of amides is 1. The first-order valence-corrected chi connectivity index (χ1v) is 11.7. The molecule has 1 N–H and O–H groups in total. The molecule has 5 nitrogen and oxygen atoms in total. The Labute approximate surface area is 185 Å². The number of carbonyl (C=O) groups is 1. The monoisotopic (exact) mass is 441 g/mol. The summed E-state index contributed by atoms with van der Waals surface area (Å²) in [6, 6.07) is 8.13. The lowest BCUT2D eigenvalue weighted by Crippen LogP contribution is -2.32. The Morgan fingerprint density at radius 1 is 1.33 bits per heavy atom. The van der Waals surface area contributed by atoms with Crippen molar-refractivity contribution in [1.29, 1.82) is 0 Å². The molecule has 1 atom stereocenters. The van der Waals surface area contributed by atoms with E-state index in [-0.39, 0.29) is 16.7 Å². The minimum Gasteiger partial charge on any atom is -0.352 e.